The van der Waals surface area contributed by atoms with Crippen molar-refractivity contribution in [1.29, 1.82) is 0 Å². The van der Waals surface area contributed by atoms with Gasteiger partial charge in [-0.15, -0.1) is 0 Å². The van der Waals surface area contributed by atoms with Crippen LogP contribution in [0.3, 0.4) is 0 Å². The van der Waals surface area contributed by atoms with Crippen LogP contribution in [0.4, 0.5) is 0 Å². The summed E-state index contributed by atoms with van der Waals surface area (Å²) in [5, 5.41) is 0. The molecule has 0 saturated heterocycles. The molecule has 2 rings (SSSR count). The third-order valence-corrected chi connectivity index (χ3v) is 3.03. The van der Waals surface area contributed by atoms with Crippen LogP contribution in [-0.2, 0) is 9.53 Å². The number of benzene rings is 1. The number of rotatable bonds is 2. The summed E-state index contributed by atoms with van der Waals surface area (Å²) < 4.78 is 10.4. The lowest BCUT2D eigenvalue weighted by Gasteiger charge is -2.27. The number of para-hydroxylation sites is 1. The molecule has 1 aromatic rings. The SMILES string of the molecule is C/C=C1/c2ccccc2OCC1CC(=O)OC. The molecule has 0 aliphatic carbocycles. The minimum Gasteiger partial charge on any atom is -0.492 e. The van der Waals surface area contributed by atoms with Gasteiger partial charge in [0.05, 0.1) is 20.1 Å². The van der Waals surface area contributed by atoms with Gasteiger partial charge >= 0.3 is 5.97 Å². The molecule has 1 atom stereocenters. The standard InChI is InChI=1S/C14H16O3/c1-3-11-10(8-14(15)16-2)9-17-13-7-5-4-6-12(11)13/h3-7,10H,8-9H2,1-2H3/b11-3+. The maximum Gasteiger partial charge on any atom is 0.306 e. The molecule has 0 N–H and O–H groups in total. The fourth-order valence-corrected chi connectivity index (χ4v) is 2.18. The zero-order chi connectivity index (χ0) is 12.3. The highest BCUT2D eigenvalue weighted by Crippen LogP contribution is 2.37. The number of hydrogen-bond acceptors (Lipinski definition) is 3. The molecular weight excluding hydrogens is 216 g/mol. The normalized spacial score (nSPS) is 20.6. The monoisotopic (exact) mass is 232 g/mol. The molecule has 0 spiro atoms. The van der Waals surface area contributed by atoms with Gasteiger partial charge in [-0.2, -0.15) is 0 Å². The van der Waals surface area contributed by atoms with Crippen molar-refractivity contribution in [3.05, 3.63) is 35.9 Å². The summed E-state index contributed by atoms with van der Waals surface area (Å²) in [6, 6.07) is 7.90. The molecule has 3 nitrogen and oxygen atoms in total. The topological polar surface area (TPSA) is 35.5 Å². The van der Waals surface area contributed by atoms with Gasteiger partial charge in [0.2, 0.25) is 0 Å². The smallest absolute Gasteiger partial charge is 0.306 e. The third kappa shape index (κ3) is 2.33. The first-order valence-corrected chi connectivity index (χ1v) is 5.71. The Labute approximate surface area is 101 Å². The molecule has 90 valence electrons. The molecule has 3 heteroatoms. The van der Waals surface area contributed by atoms with E-state index in [0.717, 1.165) is 16.9 Å². The zero-order valence-corrected chi connectivity index (χ0v) is 10.1. The molecule has 0 amide bonds. The Morgan fingerprint density at radius 2 is 2.29 bits per heavy atom. The minimum absolute atomic E-state index is 0.0855. The van der Waals surface area contributed by atoms with Gasteiger partial charge in [0, 0.05) is 11.5 Å². The molecule has 0 radical (unpaired) electrons. The van der Waals surface area contributed by atoms with E-state index >= 15 is 0 Å². The van der Waals surface area contributed by atoms with Crippen molar-refractivity contribution in [3.8, 4) is 5.75 Å². The van der Waals surface area contributed by atoms with E-state index < -0.39 is 0 Å². The molecule has 0 fully saturated rings. The lowest BCUT2D eigenvalue weighted by molar-refractivity contribution is -0.141. The average molecular weight is 232 g/mol. The van der Waals surface area contributed by atoms with E-state index in [1.54, 1.807) is 0 Å². The summed E-state index contributed by atoms with van der Waals surface area (Å²) in [5.74, 6) is 0.779. The number of ether oxygens (including phenoxy) is 2. The second kappa shape index (κ2) is 5.04. The largest absolute Gasteiger partial charge is 0.492 e. The molecule has 1 aromatic carbocycles. The molecule has 1 aliphatic heterocycles. The molecule has 1 unspecified atom stereocenters. The van der Waals surface area contributed by atoms with Crippen molar-refractivity contribution < 1.29 is 14.3 Å². The van der Waals surface area contributed by atoms with Gasteiger partial charge in [0.15, 0.2) is 0 Å². The van der Waals surface area contributed by atoms with Crippen LogP contribution in [0.2, 0.25) is 0 Å². The first-order chi connectivity index (χ1) is 8.26. The maximum absolute atomic E-state index is 11.3. The van der Waals surface area contributed by atoms with Gasteiger partial charge in [-0.25, -0.2) is 0 Å². The number of carbonyl (C=O) groups is 1. The summed E-state index contributed by atoms with van der Waals surface area (Å²) >= 11 is 0. The van der Waals surface area contributed by atoms with Crippen LogP contribution in [0.15, 0.2) is 30.3 Å². The van der Waals surface area contributed by atoms with Crippen molar-refractivity contribution in [1.82, 2.24) is 0 Å². The molecule has 0 saturated carbocycles. The predicted molar refractivity (Wildman–Crippen MR) is 65.7 cm³/mol. The molecule has 0 bridgehead atoms. The molecule has 0 aromatic heterocycles. The van der Waals surface area contributed by atoms with Gasteiger partial charge in [-0.1, -0.05) is 24.3 Å². The van der Waals surface area contributed by atoms with Crippen LogP contribution in [0.1, 0.15) is 18.9 Å². The van der Waals surface area contributed by atoms with E-state index in [4.69, 9.17) is 9.47 Å². The fourth-order valence-electron chi connectivity index (χ4n) is 2.18. The van der Waals surface area contributed by atoms with Crippen molar-refractivity contribution >= 4 is 11.5 Å². The van der Waals surface area contributed by atoms with Crippen molar-refractivity contribution in [2.45, 2.75) is 13.3 Å². The van der Waals surface area contributed by atoms with Crippen molar-refractivity contribution in [2.75, 3.05) is 13.7 Å². The Kier molecular flexibility index (Phi) is 3.47. The second-order valence-electron chi connectivity index (χ2n) is 4.03. The third-order valence-electron chi connectivity index (χ3n) is 3.03. The quantitative estimate of drug-likeness (QED) is 0.735. The van der Waals surface area contributed by atoms with E-state index in [1.165, 1.54) is 7.11 Å². The van der Waals surface area contributed by atoms with E-state index in [1.807, 2.05) is 31.2 Å². The van der Waals surface area contributed by atoms with Gasteiger partial charge in [-0.3, -0.25) is 4.79 Å². The predicted octanol–water partition coefficient (Wildman–Crippen LogP) is 2.66. The fraction of sp³-hybridized carbons (Fsp3) is 0.357. The number of esters is 1. The number of fused-ring (bicyclic) bond motifs is 1. The Balaban J connectivity index is 2.27. The van der Waals surface area contributed by atoms with Crippen LogP contribution >= 0.6 is 0 Å². The summed E-state index contributed by atoms with van der Waals surface area (Å²) in [6.07, 6.45) is 2.42. The van der Waals surface area contributed by atoms with E-state index in [9.17, 15) is 4.79 Å². The van der Waals surface area contributed by atoms with Crippen molar-refractivity contribution in [2.24, 2.45) is 5.92 Å². The van der Waals surface area contributed by atoms with E-state index in [0.29, 0.717) is 13.0 Å². The lowest BCUT2D eigenvalue weighted by Crippen LogP contribution is -2.23. The first kappa shape index (κ1) is 11.7. The first-order valence-electron chi connectivity index (χ1n) is 5.71. The van der Waals surface area contributed by atoms with Crippen LogP contribution in [0.5, 0.6) is 5.75 Å². The Morgan fingerprint density at radius 3 is 3.00 bits per heavy atom. The van der Waals surface area contributed by atoms with Crippen LogP contribution in [-0.4, -0.2) is 19.7 Å². The number of methoxy groups -OCH3 is 1. The van der Waals surface area contributed by atoms with E-state index in [2.05, 4.69) is 6.08 Å². The highest BCUT2D eigenvalue weighted by atomic mass is 16.5. The summed E-state index contributed by atoms with van der Waals surface area (Å²) in [6.45, 7) is 2.52. The lowest BCUT2D eigenvalue weighted by atomic mass is 9.88. The highest BCUT2D eigenvalue weighted by Gasteiger charge is 2.26. The molecule has 17 heavy (non-hydrogen) atoms. The summed E-state index contributed by atoms with van der Waals surface area (Å²) in [7, 11) is 1.41. The Bertz CT molecular complexity index is 449. The molecular formula is C14H16O3. The Morgan fingerprint density at radius 1 is 1.53 bits per heavy atom. The minimum atomic E-state index is -0.197. The Hall–Kier alpha value is -1.77. The summed E-state index contributed by atoms with van der Waals surface area (Å²) in [5.41, 5.74) is 2.24. The summed E-state index contributed by atoms with van der Waals surface area (Å²) in [4.78, 5) is 11.3. The van der Waals surface area contributed by atoms with Crippen LogP contribution in [0.25, 0.3) is 5.57 Å². The number of hydrogen-bond donors (Lipinski definition) is 0. The second-order valence-corrected chi connectivity index (χ2v) is 4.03. The van der Waals surface area contributed by atoms with Crippen molar-refractivity contribution in [3.63, 3.8) is 0 Å². The van der Waals surface area contributed by atoms with Gasteiger partial charge in [0.1, 0.15) is 5.75 Å². The van der Waals surface area contributed by atoms with Crippen LogP contribution in [0, 0.1) is 5.92 Å². The van der Waals surface area contributed by atoms with Gasteiger partial charge in [-0.05, 0) is 18.6 Å². The van der Waals surface area contributed by atoms with Crippen LogP contribution < -0.4 is 4.74 Å². The zero-order valence-electron chi connectivity index (χ0n) is 10.1. The highest BCUT2D eigenvalue weighted by molar-refractivity contribution is 5.78. The maximum atomic E-state index is 11.3. The average Bonchev–Trinajstić information content (AvgIpc) is 2.38. The number of carbonyl (C=O) groups excluding carboxylic acids is 1. The molecule has 1 aliphatic rings. The van der Waals surface area contributed by atoms with Gasteiger partial charge < -0.3 is 9.47 Å². The molecule has 1 heterocycles. The number of allylic oxidation sites excluding steroid dienone is 1. The van der Waals surface area contributed by atoms with Gasteiger partial charge in [0.25, 0.3) is 0 Å². The van der Waals surface area contributed by atoms with E-state index in [-0.39, 0.29) is 11.9 Å².